The lowest BCUT2D eigenvalue weighted by Gasteiger charge is -2.22. The largest absolute Gasteiger partial charge is 0.356 e. The van der Waals surface area contributed by atoms with Crippen molar-refractivity contribution in [2.24, 2.45) is 4.99 Å². The highest BCUT2D eigenvalue weighted by molar-refractivity contribution is 6.30. The van der Waals surface area contributed by atoms with E-state index in [9.17, 15) is 4.79 Å². The Hall–Kier alpha value is -1.75. The molecule has 1 rings (SSSR count). The van der Waals surface area contributed by atoms with Crippen LogP contribution < -0.4 is 10.6 Å². The van der Waals surface area contributed by atoms with E-state index in [1.54, 1.807) is 7.05 Å². The van der Waals surface area contributed by atoms with E-state index in [2.05, 4.69) is 15.6 Å². The number of hydrogen-bond acceptors (Lipinski definition) is 2. The van der Waals surface area contributed by atoms with Crippen molar-refractivity contribution in [3.8, 4) is 0 Å². The molecule has 0 aliphatic rings. The molecular weight excluding hydrogens is 300 g/mol. The average Bonchev–Trinajstić information content (AvgIpc) is 2.49. The van der Waals surface area contributed by atoms with Crippen molar-refractivity contribution in [1.82, 2.24) is 15.5 Å². The van der Waals surface area contributed by atoms with Crippen molar-refractivity contribution >= 4 is 23.5 Å². The van der Waals surface area contributed by atoms with Crippen molar-refractivity contribution < 1.29 is 4.79 Å². The van der Waals surface area contributed by atoms with Crippen LogP contribution in [0.2, 0.25) is 5.02 Å². The van der Waals surface area contributed by atoms with Crippen molar-refractivity contribution in [2.75, 3.05) is 27.2 Å². The lowest BCUT2D eigenvalue weighted by atomic mass is 10.2. The third kappa shape index (κ3) is 6.80. The molecule has 0 saturated carbocycles. The van der Waals surface area contributed by atoms with Gasteiger partial charge in [-0.1, -0.05) is 30.7 Å². The fourth-order valence-electron chi connectivity index (χ4n) is 2.01. The molecule has 0 aliphatic heterocycles. The summed E-state index contributed by atoms with van der Waals surface area (Å²) < 4.78 is 0. The van der Waals surface area contributed by atoms with Crippen LogP contribution in [0.3, 0.4) is 0 Å². The number of benzene rings is 1. The topological polar surface area (TPSA) is 56.7 Å². The lowest BCUT2D eigenvalue weighted by Crippen LogP contribution is -2.40. The maximum atomic E-state index is 11.6. The van der Waals surface area contributed by atoms with Crippen LogP contribution >= 0.6 is 11.6 Å². The monoisotopic (exact) mass is 324 g/mol. The molecule has 0 saturated heterocycles. The van der Waals surface area contributed by atoms with Gasteiger partial charge in [-0.3, -0.25) is 9.79 Å². The van der Waals surface area contributed by atoms with Crippen LogP contribution in [-0.2, 0) is 11.3 Å². The minimum absolute atomic E-state index is 0.0577. The highest BCUT2D eigenvalue weighted by Gasteiger charge is 2.07. The molecule has 2 N–H and O–H groups in total. The molecule has 22 heavy (non-hydrogen) atoms. The first-order chi connectivity index (χ1) is 10.6. The summed E-state index contributed by atoms with van der Waals surface area (Å²) in [5, 5.41) is 6.77. The predicted molar refractivity (Wildman–Crippen MR) is 92.2 cm³/mol. The van der Waals surface area contributed by atoms with E-state index in [0.29, 0.717) is 19.5 Å². The molecular formula is C16H25ClN4O. The quantitative estimate of drug-likeness (QED) is 0.597. The molecule has 0 aliphatic carbocycles. The fraction of sp³-hybridized carbons (Fsp3) is 0.500. The number of guanidine groups is 1. The van der Waals surface area contributed by atoms with Crippen molar-refractivity contribution in [1.29, 1.82) is 0 Å². The Balaban J connectivity index is 2.42. The number of carbonyl (C=O) groups is 1. The molecule has 0 unspecified atom stereocenters. The molecule has 122 valence electrons. The molecule has 0 bridgehead atoms. The van der Waals surface area contributed by atoms with E-state index in [1.165, 1.54) is 0 Å². The molecule has 1 aromatic rings. The van der Waals surface area contributed by atoms with E-state index >= 15 is 0 Å². The number of rotatable bonds is 7. The first-order valence-corrected chi connectivity index (χ1v) is 7.87. The molecule has 0 atom stereocenters. The minimum Gasteiger partial charge on any atom is -0.356 e. The van der Waals surface area contributed by atoms with Gasteiger partial charge in [0.05, 0.1) is 0 Å². The summed E-state index contributed by atoms with van der Waals surface area (Å²) >= 11 is 5.99. The summed E-state index contributed by atoms with van der Waals surface area (Å²) in [4.78, 5) is 17.8. The van der Waals surface area contributed by atoms with Gasteiger partial charge in [-0.2, -0.15) is 0 Å². The summed E-state index contributed by atoms with van der Waals surface area (Å²) in [6, 6.07) is 7.74. The summed E-state index contributed by atoms with van der Waals surface area (Å²) in [5.41, 5.74) is 1.11. The standard InChI is InChI=1S/C16H25ClN4O/c1-4-9-19-15(22)8-10-20-16(18-2)21(3)12-13-6-5-7-14(17)11-13/h5-7,11H,4,8-10,12H2,1-3H3,(H,18,20)(H,19,22). The Labute approximate surface area is 137 Å². The van der Waals surface area contributed by atoms with Gasteiger partial charge in [0.1, 0.15) is 0 Å². The normalized spacial score (nSPS) is 11.2. The Kier molecular flexibility index (Phi) is 8.36. The average molecular weight is 325 g/mol. The van der Waals surface area contributed by atoms with Crippen molar-refractivity contribution in [2.45, 2.75) is 26.3 Å². The van der Waals surface area contributed by atoms with Crippen LogP contribution in [0, 0.1) is 0 Å². The van der Waals surface area contributed by atoms with Crippen LogP contribution in [0.4, 0.5) is 0 Å². The zero-order chi connectivity index (χ0) is 16.4. The summed E-state index contributed by atoms with van der Waals surface area (Å²) in [5.74, 6) is 0.811. The van der Waals surface area contributed by atoms with Gasteiger partial charge in [0.15, 0.2) is 5.96 Å². The lowest BCUT2D eigenvalue weighted by molar-refractivity contribution is -0.120. The number of amides is 1. The van der Waals surface area contributed by atoms with Crippen molar-refractivity contribution in [3.05, 3.63) is 34.9 Å². The van der Waals surface area contributed by atoms with Gasteiger partial charge in [-0.15, -0.1) is 0 Å². The second-order valence-electron chi connectivity index (χ2n) is 5.06. The molecule has 0 fully saturated rings. The zero-order valence-corrected chi connectivity index (χ0v) is 14.3. The number of halogens is 1. The second-order valence-corrected chi connectivity index (χ2v) is 5.50. The van der Waals surface area contributed by atoms with Gasteiger partial charge >= 0.3 is 0 Å². The molecule has 1 aromatic carbocycles. The van der Waals surface area contributed by atoms with Crippen LogP contribution in [0.1, 0.15) is 25.3 Å². The summed E-state index contributed by atoms with van der Waals surface area (Å²) in [6.45, 7) is 4.01. The molecule has 1 amide bonds. The minimum atomic E-state index is 0.0577. The fourth-order valence-corrected chi connectivity index (χ4v) is 2.22. The number of nitrogens with zero attached hydrogens (tertiary/aromatic N) is 2. The van der Waals surface area contributed by atoms with E-state index in [-0.39, 0.29) is 5.91 Å². The van der Waals surface area contributed by atoms with Gasteiger partial charge < -0.3 is 15.5 Å². The number of aliphatic imine (C=N–C) groups is 1. The number of carbonyl (C=O) groups excluding carboxylic acids is 1. The molecule has 0 radical (unpaired) electrons. The predicted octanol–water partition coefficient (Wildman–Crippen LogP) is 2.26. The van der Waals surface area contributed by atoms with Gasteiger partial charge in [0, 0.05) is 45.2 Å². The maximum absolute atomic E-state index is 11.6. The Morgan fingerprint density at radius 2 is 2.09 bits per heavy atom. The third-order valence-electron chi connectivity index (χ3n) is 3.09. The Morgan fingerprint density at radius 1 is 1.32 bits per heavy atom. The molecule has 0 spiro atoms. The van der Waals surface area contributed by atoms with E-state index in [1.807, 2.05) is 43.1 Å². The Bertz CT molecular complexity index is 505. The highest BCUT2D eigenvalue weighted by Crippen LogP contribution is 2.12. The van der Waals surface area contributed by atoms with Crippen LogP contribution in [-0.4, -0.2) is 44.0 Å². The molecule has 5 nitrogen and oxygen atoms in total. The number of hydrogen-bond donors (Lipinski definition) is 2. The summed E-state index contributed by atoms with van der Waals surface area (Å²) in [6.07, 6.45) is 1.38. The van der Waals surface area contributed by atoms with E-state index in [0.717, 1.165) is 29.5 Å². The van der Waals surface area contributed by atoms with Crippen molar-refractivity contribution in [3.63, 3.8) is 0 Å². The first kappa shape index (κ1) is 18.3. The van der Waals surface area contributed by atoms with Gasteiger partial charge in [0.2, 0.25) is 5.91 Å². The first-order valence-electron chi connectivity index (χ1n) is 7.49. The van der Waals surface area contributed by atoms with Gasteiger partial charge in [-0.25, -0.2) is 0 Å². The van der Waals surface area contributed by atoms with Gasteiger partial charge in [0.25, 0.3) is 0 Å². The third-order valence-corrected chi connectivity index (χ3v) is 3.32. The van der Waals surface area contributed by atoms with Crippen LogP contribution in [0.15, 0.2) is 29.3 Å². The Morgan fingerprint density at radius 3 is 2.73 bits per heavy atom. The maximum Gasteiger partial charge on any atom is 0.221 e. The smallest absolute Gasteiger partial charge is 0.221 e. The number of nitrogens with one attached hydrogen (secondary N) is 2. The second kappa shape index (κ2) is 10.1. The summed E-state index contributed by atoms with van der Waals surface area (Å²) in [7, 11) is 3.68. The SMILES string of the molecule is CCCNC(=O)CCNC(=NC)N(C)Cc1cccc(Cl)c1. The molecule has 6 heteroatoms. The van der Waals surface area contributed by atoms with E-state index < -0.39 is 0 Å². The van der Waals surface area contributed by atoms with Crippen LogP contribution in [0.25, 0.3) is 0 Å². The molecule has 0 aromatic heterocycles. The van der Waals surface area contributed by atoms with Crippen LogP contribution in [0.5, 0.6) is 0 Å². The zero-order valence-electron chi connectivity index (χ0n) is 13.5. The highest BCUT2D eigenvalue weighted by atomic mass is 35.5. The molecule has 0 heterocycles. The van der Waals surface area contributed by atoms with Gasteiger partial charge in [-0.05, 0) is 24.1 Å². The van der Waals surface area contributed by atoms with E-state index in [4.69, 9.17) is 11.6 Å².